The topological polar surface area (TPSA) is 51.7 Å². The molecule has 1 aliphatic heterocycles. The number of benzene rings is 2. The van der Waals surface area contributed by atoms with Crippen molar-refractivity contribution in [3.05, 3.63) is 58.6 Å². The number of ether oxygens (including phenoxy) is 2. The Bertz CT molecular complexity index is 960. The molecule has 0 N–H and O–H groups in total. The molecule has 2 aromatic carbocycles. The van der Waals surface area contributed by atoms with Gasteiger partial charge in [0.2, 0.25) is 0 Å². The molecule has 0 unspecified atom stereocenters. The molecular formula is C23H26N2O3S. The van der Waals surface area contributed by atoms with Crippen LogP contribution in [0.1, 0.15) is 46.6 Å². The van der Waals surface area contributed by atoms with Crippen LogP contribution in [-0.4, -0.2) is 42.6 Å². The third-order valence-corrected chi connectivity index (χ3v) is 6.63. The van der Waals surface area contributed by atoms with E-state index in [4.69, 9.17) is 14.5 Å². The van der Waals surface area contributed by atoms with Gasteiger partial charge in [-0.1, -0.05) is 12.1 Å². The van der Waals surface area contributed by atoms with E-state index in [1.807, 2.05) is 36.1 Å². The SMILES string of the molecule is CCOCc1cc(C(=O)N2CCC(c3nc4ccccc4s3)CC2)ccc1OC. The molecule has 0 saturated carbocycles. The number of para-hydroxylation sites is 1. The summed E-state index contributed by atoms with van der Waals surface area (Å²) in [6, 6.07) is 13.9. The number of thiazole rings is 1. The van der Waals surface area contributed by atoms with Gasteiger partial charge in [0, 0.05) is 36.7 Å². The van der Waals surface area contributed by atoms with E-state index in [1.54, 1.807) is 18.4 Å². The number of likely N-dealkylation sites (tertiary alicyclic amines) is 1. The van der Waals surface area contributed by atoms with E-state index in [0.717, 1.165) is 42.8 Å². The summed E-state index contributed by atoms with van der Waals surface area (Å²) in [5.41, 5.74) is 2.68. The second kappa shape index (κ2) is 8.93. The molecule has 1 saturated heterocycles. The maximum atomic E-state index is 13.0. The average Bonchev–Trinajstić information content (AvgIpc) is 3.21. The van der Waals surface area contributed by atoms with Crippen LogP contribution in [0.15, 0.2) is 42.5 Å². The van der Waals surface area contributed by atoms with Gasteiger partial charge in [-0.05, 0) is 50.1 Å². The number of piperidine rings is 1. The van der Waals surface area contributed by atoms with Crippen LogP contribution in [0.3, 0.4) is 0 Å². The highest BCUT2D eigenvalue weighted by Gasteiger charge is 2.27. The second-order valence-corrected chi connectivity index (χ2v) is 8.31. The highest BCUT2D eigenvalue weighted by Crippen LogP contribution is 2.34. The molecule has 1 aliphatic rings. The van der Waals surface area contributed by atoms with Crippen LogP contribution in [0.25, 0.3) is 10.2 Å². The minimum absolute atomic E-state index is 0.0770. The number of methoxy groups -OCH3 is 1. The maximum Gasteiger partial charge on any atom is 0.253 e. The predicted molar refractivity (Wildman–Crippen MR) is 116 cm³/mol. The number of amides is 1. The minimum Gasteiger partial charge on any atom is -0.496 e. The number of nitrogens with zero attached hydrogens (tertiary/aromatic N) is 2. The van der Waals surface area contributed by atoms with Crippen LogP contribution in [-0.2, 0) is 11.3 Å². The zero-order valence-corrected chi connectivity index (χ0v) is 17.7. The summed E-state index contributed by atoms with van der Waals surface area (Å²) in [5.74, 6) is 1.26. The Kier molecular flexibility index (Phi) is 6.11. The van der Waals surface area contributed by atoms with Gasteiger partial charge in [0.1, 0.15) is 5.75 Å². The van der Waals surface area contributed by atoms with Gasteiger partial charge < -0.3 is 14.4 Å². The first-order valence-corrected chi connectivity index (χ1v) is 10.9. The molecule has 2 heterocycles. The Morgan fingerprint density at radius 2 is 2.00 bits per heavy atom. The van der Waals surface area contributed by atoms with Crippen LogP contribution >= 0.6 is 11.3 Å². The minimum atomic E-state index is 0.0770. The van der Waals surface area contributed by atoms with E-state index in [2.05, 4.69) is 18.2 Å². The third-order valence-electron chi connectivity index (χ3n) is 5.43. The first kappa shape index (κ1) is 19.9. The molecule has 1 aromatic heterocycles. The zero-order chi connectivity index (χ0) is 20.2. The average molecular weight is 411 g/mol. The van der Waals surface area contributed by atoms with Crippen molar-refractivity contribution < 1.29 is 14.3 Å². The van der Waals surface area contributed by atoms with Gasteiger partial charge in [0.15, 0.2) is 0 Å². The number of fused-ring (bicyclic) bond motifs is 1. The number of rotatable bonds is 6. The summed E-state index contributed by atoms with van der Waals surface area (Å²) in [4.78, 5) is 19.8. The summed E-state index contributed by atoms with van der Waals surface area (Å²) in [5, 5.41) is 1.20. The van der Waals surface area contributed by atoms with Gasteiger partial charge in [0.25, 0.3) is 5.91 Å². The van der Waals surface area contributed by atoms with Crippen molar-refractivity contribution in [2.24, 2.45) is 0 Å². The lowest BCUT2D eigenvalue weighted by Gasteiger charge is -2.31. The van der Waals surface area contributed by atoms with Crippen LogP contribution in [0.2, 0.25) is 0 Å². The molecule has 0 atom stereocenters. The highest BCUT2D eigenvalue weighted by atomic mass is 32.1. The Morgan fingerprint density at radius 1 is 1.21 bits per heavy atom. The van der Waals surface area contributed by atoms with Crippen molar-refractivity contribution in [3.8, 4) is 5.75 Å². The first-order chi connectivity index (χ1) is 14.2. The smallest absolute Gasteiger partial charge is 0.253 e. The summed E-state index contributed by atoms with van der Waals surface area (Å²) in [6.07, 6.45) is 1.90. The van der Waals surface area contributed by atoms with E-state index in [0.29, 0.717) is 24.7 Å². The van der Waals surface area contributed by atoms with Gasteiger partial charge >= 0.3 is 0 Å². The molecule has 0 radical (unpaired) electrons. The third kappa shape index (κ3) is 4.28. The summed E-state index contributed by atoms with van der Waals surface area (Å²) < 4.78 is 12.2. The van der Waals surface area contributed by atoms with Gasteiger partial charge in [0.05, 0.1) is 28.9 Å². The Hall–Kier alpha value is -2.44. The zero-order valence-electron chi connectivity index (χ0n) is 16.9. The van der Waals surface area contributed by atoms with Crippen molar-refractivity contribution in [1.82, 2.24) is 9.88 Å². The van der Waals surface area contributed by atoms with Gasteiger partial charge in [-0.3, -0.25) is 4.79 Å². The molecule has 4 rings (SSSR count). The second-order valence-electron chi connectivity index (χ2n) is 7.25. The molecule has 0 bridgehead atoms. The van der Waals surface area contributed by atoms with Crippen molar-refractivity contribution in [2.75, 3.05) is 26.8 Å². The highest BCUT2D eigenvalue weighted by molar-refractivity contribution is 7.18. The number of carbonyl (C=O) groups is 1. The molecule has 0 spiro atoms. The Balaban J connectivity index is 1.43. The predicted octanol–water partition coefficient (Wildman–Crippen LogP) is 4.86. The van der Waals surface area contributed by atoms with Gasteiger partial charge in [-0.25, -0.2) is 4.98 Å². The first-order valence-electron chi connectivity index (χ1n) is 10.1. The van der Waals surface area contributed by atoms with Crippen molar-refractivity contribution in [1.29, 1.82) is 0 Å². The van der Waals surface area contributed by atoms with Crippen LogP contribution in [0.4, 0.5) is 0 Å². The molecule has 1 amide bonds. The van der Waals surface area contributed by atoms with Crippen LogP contribution < -0.4 is 4.74 Å². The van der Waals surface area contributed by atoms with Gasteiger partial charge in [-0.15, -0.1) is 11.3 Å². The lowest BCUT2D eigenvalue weighted by atomic mass is 9.96. The summed E-state index contributed by atoms with van der Waals surface area (Å²) in [7, 11) is 1.64. The fourth-order valence-electron chi connectivity index (χ4n) is 3.81. The summed E-state index contributed by atoms with van der Waals surface area (Å²) >= 11 is 1.78. The molecule has 0 aliphatic carbocycles. The maximum absolute atomic E-state index is 13.0. The monoisotopic (exact) mass is 410 g/mol. The van der Waals surface area contributed by atoms with E-state index in [-0.39, 0.29) is 5.91 Å². The fraction of sp³-hybridized carbons (Fsp3) is 0.391. The Labute approximate surface area is 175 Å². The number of hydrogen-bond donors (Lipinski definition) is 0. The quantitative estimate of drug-likeness (QED) is 0.582. The molecule has 3 aromatic rings. The molecule has 6 heteroatoms. The van der Waals surface area contributed by atoms with Crippen molar-refractivity contribution in [3.63, 3.8) is 0 Å². The molecular weight excluding hydrogens is 384 g/mol. The standard InChI is InChI=1S/C23H26N2O3S/c1-3-28-15-18-14-17(8-9-20(18)27-2)23(26)25-12-10-16(11-13-25)22-24-19-6-4-5-7-21(19)29-22/h4-9,14,16H,3,10-13,15H2,1-2H3. The molecule has 152 valence electrons. The number of aromatic nitrogens is 1. The molecule has 29 heavy (non-hydrogen) atoms. The van der Waals surface area contributed by atoms with Crippen molar-refractivity contribution >= 4 is 27.5 Å². The number of hydrogen-bond acceptors (Lipinski definition) is 5. The van der Waals surface area contributed by atoms with Crippen molar-refractivity contribution in [2.45, 2.75) is 32.3 Å². The normalized spacial score (nSPS) is 15.0. The van der Waals surface area contributed by atoms with E-state index in [1.165, 1.54) is 9.71 Å². The fourth-order valence-corrected chi connectivity index (χ4v) is 4.95. The van der Waals surface area contributed by atoms with E-state index in [9.17, 15) is 4.79 Å². The Morgan fingerprint density at radius 3 is 2.72 bits per heavy atom. The van der Waals surface area contributed by atoms with Gasteiger partial charge in [-0.2, -0.15) is 0 Å². The summed E-state index contributed by atoms with van der Waals surface area (Å²) in [6.45, 7) is 4.54. The molecule has 1 fully saturated rings. The number of carbonyl (C=O) groups excluding carboxylic acids is 1. The lowest BCUT2D eigenvalue weighted by molar-refractivity contribution is 0.0712. The largest absolute Gasteiger partial charge is 0.496 e. The van der Waals surface area contributed by atoms with Crippen LogP contribution in [0, 0.1) is 0 Å². The molecule has 5 nitrogen and oxygen atoms in total. The lowest BCUT2D eigenvalue weighted by Crippen LogP contribution is -2.38. The van der Waals surface area contributed by atoms with Crippen LogP contribution in [0.5, 0.6) is 5.75 Å². The van der Waals surface area contributed by atoms with E-state index < -0.39 is 0 Å². The van der Waals surface area contributed by atoms with E-state index >= 15 is 0 Å².